The molecule has 0 aliphatic carbocycles. The van der Waals surface area contributed by atoms with Crippen LogP contribution in [-0.4, -0.2) is 23.6 Å². The molecular formula is C22H18N2O4S. The minimum absolute atomic E-state index is 0.0582. The van der Waals surface area contributed by atoms with Crippen molar-refractivity contribution in [3.8, 4) is 0 Å². The van der Waals surface area contributed by atoms with E-state index in [1.807, 2.05) is 66.0 Å². The van der Waals surface area contributed by atoms with Crippen molar-refractivity contribution >= 4 is 34.2 Å². The molecule has 29 heavy (non-hydrogen) atoms. The van der Waals surface area contributed by atoms with Gasteiger partial charge >= 0.3 is 5.97 Å². The zero-order valence-electron chi connectivity index (χ0n) is 15.4. The zero-order chi connectivity index (χ0) is 20.1. The van der Waals surface area contributed by atoms with Gasteiger partial charge in [0.1, 0.15) is 5.69 Å². The lowest BCUT2D eigenvalue weighted by molar-refractivity contribution is -0.148. The van der Waals surface area contributed by atoms with Gasteiger partial charge in [-0.05, 0) is 29.1 Å². The number of ether oxygens (including phenoxy) is 1. The first kappa shape index (κ1) is 18.9. The molecule has 146 valence electrons. The SMILES string of the molecule is O=C(COC(=O)Cc1noc2ccccc12)N[C@H](c1ccccc1)c1cccs1. The third kappa shape index (κ3) is 4.52. The Labute approximate surface area is 171 Å². The number of carbonyl (C=O) groups is 2. The van der Waals surface area contributed by atoms with Crippen molar-refractivity contribution in [3.63, 3.8) is 0 Å². The average Bonchev–Trinajstić information content (AvgIpc) is 3.42. The molecule has 2 aromatic heterocycles. The van der Waals surface area contributed by atoms with Crippen LogP contribution in [0.15, 0.2) is 76.6 Å². The topological polar surface area (TPSA) is 81.4 Å². The van der Waals surface area contributed by atoms with Crippen LogP contribution in [0.2, 0.25) is 0 Å². The van der Waals surface area contributed by atoms with Crippen molar-refractivity contribution in [1.29, 1.82) is 0 Å². The maximum Gasteiger partial charge on any atom is 0.312 e. The number of benzene rings is 2. The second-order valence-corrected chi connectivity index (χ2v) is 7.37. The number of rotatable bonds is 7. The van der Waals surface area contributed by atoms with Crippen LogP contribution in [0.25, 0.3) is 11.0 Å². The van der Waals surface area contributed by atoms with E-state index < -0.39 is 5.97 Å². The Morgan fingerprint density at radius 3 is 2.62 bits per heavy atom. The van der Waals surface area contributed by atoms with Gasteiger partial charge in [-0.15, -0.1) is 11.3 Å². The summed E-state index contributed by atoms with van der Waals surface area (Å²) in [7, 11) is 0. The number of hydrogen-bond donors (Lipinski definition) is 1. The number of hydrogen-bond acceptors (Lipinski definition) is 6. The van der Waals surface area contributed by atoms with E-state index in [4.69, 9.17) is 9.26 Å². The quantitative estimate of drug-likeness (QED) is 0.471. The number of carbonyl (C=O) groups excluding carboxylic acids is 2. The molecule has 0 saturated heterocycles. The molecule has 6 nitrogen and oxygen atoms in total. The molecule has 0 fully saturated rings. The van der Waals surface area contributed by atoms with Gasteiger partial charge in [-0.25, -0.2) is 0 Å². The van der Waals surface area contributed by atoms with E-state index >= 15 is 0 Å². The molecule has 0 radical (unpaired) electrons. The highest BCUT2D eigenvalue weighted by atomic mass is 32.1. The molecule has 0 saturated carbocycles. The highest BCUT2D eigenvalue weighted by Crippen LogP contribution is 2.25. The van der Waals surface area contributed by atoms with Crippen molar-refractivity contribution < 1.29 is 18.8 Å². The van der Waals surface area contributed by atoms with Gasteiger partial charge in [0.25, 0.3) is 5.91 Å². The fourth-order valence-electron chi connectivity index (χ4n) is 3.02. The van der Waals surface area contributed by atoms with Crippen LogP contribution in [0.3, 0.4) is 0 Å². The lowest BCUT2D eigenvalue weighted by Crippen LogP contribution is -2.32. The van der Waals surface area contributed by atoms with E-state index in [0.717, 1.165) is 15.8 Å². The molecule has 0 unspecified atom stereocenters. The molecule has 0 aliphatic heterocycles. The normalized spacial score (nSPS) is 11.9. The molecule has 2 aromatic carbocycles. The Morgan fingerprint density at radius 1 is 1.03 bits per heavy atom. The third-order valence-corrected chi connectivity index (χ3v) is 5.33. The molecule has 0 aliphatic rings. The van der Waals surface area contributed by atoms with Crippen molar-refractivity contribution in [2.45, 2.75) is 12.5 Å². The van der Waals surface area contributed by atoms with Crippen LogP contribution >= 0.6 is 11.3 Å². The predicted octanol–water partition coefficient (Wildman–Crippen LogP) is 3.88. The summed E-state index contributed by atoms with van der Waals surface area (Å²) < 4.78 is 10.3. The zero-order valence-corrected chi connectivity index (χ0v) is 16.2. The summed E-state index contributed by atoms with van der Waals surface area (Å²) in [5.74, 6) is -0.905. The molecule has 0 spiro atoms. The first-order chi connectivity index (χ1) is 14.2. The Kier molecular flexibility index (Phi) is 5.67. The molecule has 1 amide bonds. The van der Waals surface area contributed by atoms with Crippen molar-refractivity contribution in [2.24, 2.45) is 0 Å². The summed E-state index contributed by atoms with van der Waals surface area (Å²) in [5, 5.41) is 9.57. The van der Waals surface area contributed by atoms with E-state index in [9.17, 15) is 9.59 Å². The Hall–Kier alpha value is -3.45. The number of aromatic nitrogens is 1. The van der Waals surface area contributed by atoms with Crippen LogP contribution in [0.1, 0.15) is 22.2 Å². The summed E-state index contributed by atoms with van der Waals surface area (Å²) in [6, 6.07) is 20.5. The van der Waals surface area contributed by atoms with Gasteiger partial charge in [0.2, 0.25) is 0 Å². The molecule has 0 bridgehead atoms. The molecule has 1 atom stereocenters. The van der Waals surface area contributed by atoms with Crippen molar-refractivity contribution in [1.82, 2.24) is 10.5 Å². The molecule has 1 N–H and O–H groups in total. The summed E-state index contributed by atoms with van der Waals surface area (Å²) in [4.78, 5) is 25.6. The highest BCUT2D eigenvalue weighted by molar-refractivity contribution is 7.10. The Balaban J connectivity index is 1.36. The van der Waals surface area contributed by atoms with Crippen molar-refractivity contribution in [3.05, 3.63) is 88.2 Å². The molecular weight excluding hydrogens is 388 g/mol. The Bertz CT molecular complexity index is 1110. The first-order valence-corrected chi connectivity index (χ1v) is 9.95. The fourth-order valence-corrected chi connectivity index (χ4v) is 3.82. The van der Waals surface area contributed by atoms with E-state index in [2.05, 4.69) is 10.5 Å². The highest BCUT2D eigenvalue weighted by Gasteiger charge is 2.19. The van der Waals surface area contributed by atoms with Crippen LogP contribution in [0.4, 0.5) is 0 Å². The maximum absolute atomic E-state index is 12.4. The lowest BCUT2D eigenvalue weighted by atomic mass is 10.1. The number of esters is 1. The second kappa shape index (κ2) is 8.70. The number of fused-ring (bicyclic) bond motifs is 1. The van der Waals surface area contributed by atoms with Gasteiger partial charge in [-0.3, -0.25) is 9.59 Å². The summed E-state index contributed by atoms with van der Waals surface area (Å²) in [5.41, 5.74) is 2.06. The minimum atomic E-state index is -0.536. The number of para-hydroxylation sites is 1. The van der Waals surface area contributed by atoms with Crippen LogP contribution in [-0.2, 0) is 20.7 Å². The smallest absolute Gasteiger partial charge is 0.312 e. The lowest BCUT2D eigenvalue weighted by Gasteiger charge is -2.18. The summed E-state index contributed by atoms with van der Waals surface area (Å²) in [6.45, 7) is -0.358. The van der Waals surface area contributed by atoms with Gasteiger partial charge in [-0.1, -0.05) is 53.7 Å². The summed E-state index contributed by atoms with van der Waals surface area (Å²) in [6.07, 6.45) is -0.0582. The number of thiophene rings is 1. The third-order valence-electron chi connectivity index (χ3n) is 4.39. The van der Waals surface area contributed by atoms with E-state index in [-0.39, 0.29) is 25.0 Å². The van der Waals surface area contributed by atoms with Gasteiger partial charge in [0, 0.05) is 10.3 Å². The van der Waals surface area contributed by atoms with Crippen LogP contribution in [0.5, 0.6) is 0 Å². The minimum Gasteiger partial charge on any atom is -0.455 e. The standard InChI is InChI=1S/C22H18N2O4S/c25-20(23-22(19-11-6-12-29-19)15-7-2-1-3-8-15)14-27-21(26)13-17-16-9-4-5-10-18(16)28-24-17/h1-12,22H,13-14H2,(H,23,25)/t22-/m1/s1. The number of amides is 1. The number of nitrogens with zero attached hydrogens (tertiary/aromatic N) is 1. The first-order valence-electron chi connectivity index (χ1n) is 9.07. The van der Waals surface area contributed by atoms with E-state index in [1.54, 1.807) is 17.4 Å². The van der Waals surface area contributed by atoms with Gasteiger partial charge < -0.3 is 14.6 Å². The van der Waals surface area contributed by atoms with Gasteiger partial charge in [-0.2, -0.15) is 0 Å². The van der Waals surface area contributed by atoms with Gasteiger partial charge in [0.15, 0.2) is 12.2 Å². The number of nitrogens with one attached hydrogen (secondary N) is 1. The van der Waals surface area contributed by atoms with Gasteiger partial charge in [0.05, 0.1) is 12.5 Å². The largest absolute Gasteiger partial charge is 0.455 e. The maximum atomic E-state index is 12.4. The van der Waals surface area contributed by atoms with Crippen LogP contribution in [0, 0.1) is 0 Å². The van der Waals surface area contributed by atoms with E-state index in [0.29, 0.717) is 11.3 Å². The van der Waals surface area contributed by atoms with Crippen molar-refractivity contribution in [2.75, 3.05) is 6.61 Å². The average molecular weight is 406 g/mol. The predicted molar refractivity (Wildman–Crippen MR) is 109 cm³/mol. The second-order valence-electron chi connectivity index (χ2n) is 6.39. The molecule has 7 heteroatoms. The molecule has 4 aromatic rings. The van der Waals surface area contributed by atoms with Crippen LogP contribution < -0.4 is 5.32 Å². The van der Waals surface area contributed by atoms with E-state index in [1.165, 1.54) is 0 Å². The monoisotopic (exact) mass is 406 g/mol. The fraction of sp³-hybridized carbons (Fsp3) is 0.136. The molecule has 4 rings (SSSR count). The Morgan fingerprint density at radius 2 is 1.83 bits per heavy atom. The summed E-state index contributed by atoms with van der Waals surface area (Å²) >= 11 is 1.55. The molecule has 2 heterocycles.